The first-order valence-corrected chi connectivity index (χ1v) is 5.28. The maximum absolute atomic E-state index is 3.52. The van der Waals surface area contributed by atoms with E-state index >= 15 is 0 Å². The SMILES string of the molecule is C[C@H](Br)Cc1cccc(Br)c1. The van der Waals surface area contributed by atoms with Crippen LogP contribution in [0, 0.1) is 0 Å². The summed E-state index contributed by atoms with van der Waals surface area (Å²) >= 11 is 6.96. The third-order valence-corrected chi connectivity index (χ3v) is 2.22. The Labute approximate surface area is 84.3 Å². The van der Waals surface area contributed by atoms with Gasteiger partial charge < -0.3 is 0 Å². The summed E-state index contributed by atoms with van der Waals surface area (Å²) in [7, 11) is 0. The molecule has 1 aromatic carbocycles. The minimum atomic E-state index is 0.553. The Morgan fingerprint density at radius 2 is 2.18 bits per heavy atom. The summed E-state index contributed by atoms with van der Waals surface area (Å²) in [5.74, 6) is 0. The summed E-state index contributed by atoms with van der Waals surface area (Å²) in [6.45, 7) is 2.15. The molecular weight excluding hydrogens is 268 g/mol. The summed E-state index contributed by atoms with van der Waals surface area (Å²) in [5.41, 5.74) is 1.36. The van der Waals surface area contributed by atoms with Crippen LogP contribution in [0.25, 0.3) is 0 Å². The van der Waals surface area contributed by atoms with Crippen LogP contribution in [0.4, 0.5) is 0 Å². The predicted octanol–water partition coefficient (Wildman–Crippen LogP) is 3.78. The Hall–Kier alpha value is 0.180. The first-order chi connectivity index (χ1) is 5.18. The van der Waals surface area contributed by atoms with Crippen molar-refractivity contribution in [2.45, 2.75) is 18.2 Å². The van der Waals surface area contributed by atoms with Gasteiger partial charge in [-0.25, -0.2) is 0 Å². The number of alkyl halides is 1. The molecule has 11 heavy (non-hydrogen) atoms. The zero-order valence-corrected chi connectivity index (χ0v) is 9.52. The molecular formula is C9H10Br2. The van der Waals surface area contributed by atoms with Crippen molar-refractivity contribution in [3.63, 3.8) is 0 Å². The molecule has 0 fully saturated rings. The molecule has 0 radical (unpaired) electrons. The Morgan fingerprint density at radius 3 is 2.73 bits per heavy atom. The van der Waals surface area contributed by atoms with Gasteiger partial charge in [-0.15, -0.1) is 0 Å². The van der Waals surface area contributed by atoms with Crippen LogP contribution < -0.4 is 0 Å². The van der Waals surface area contributed by atoms with Crippen molar-refractivity contribution in [1.29, 1.82) is 0 Å². The van der Waals surface area contributed by atoms with Crippen LogP contribution in [-0.4, -0.2) is 4.83 Å². The summed E-state index contributed by atoms with van der Waals surface area (Å²) < 4.78 is 1.16. The molecule has 0 unspecified atom stereocenters. The van der Waals surface area contributed by atoms with E-state index in [9.17, 15) is 0 Å². The quantitative estimate of drug-likeness (QED) is 0.722. The van der Waals surface area contributed by atoms with E-state index in [1.54, 1.807) is 0 Å². The van der Waals surface area contributed by atoms with E-state index in [2.05, 4.69) is 57.0 Å². The number of hydrogen-bond donors (Lipinski definition) is 0. The molecule has 0 nitrogen and oxygen atoms in total. The van der Waals surface area contributed by atoms with Gasteiger partial charge in [-0.05, 0) is 24.1 Å². The van der Waals surface area contributed by atoms with Gasteiger partial charge in [0.15, 0.2) is 0 Å². The van der Waals surface area contributed by atoms with Gasteiger partial charge in [0.05, 0.1) is 0 Å². The number of halogens is 2. The topological polar surface area (TPSA) is 0 Å². The van der Waals surface area contributed by atoms with E-state index in [0.29, 0.717) is 4.83 Å². The van der Waals surface area contributed by atoms with Gasteiger partial charge in [0, 0.05) is 9.30 Å². The van der Waals surface area contributed by atoms with E-state index in [-0.39, 0.29) is 0 Å². The van der Waals surface area contributed by atoms with Crippen molar-refractivity contribution in [2.24, 2.45) is 0 Å². The molecule has 0 aliphatic rings. The van der Waals surface area contributed by atoms with E-state index in [1.165, 1.54) is 5.56 Å². The summed E-state index contributed by atoms with van der Waals surface area (Å²) in [5, 5.41) is 0. The standard InChI is InChI=1S/C9H10Br2/c1-7(10)5-8-3-2-4-9(11)6-8/h2-4,6-7H,5H2,1H3/t7-/m0/s1. The Balaban J connectivity index is 2.71. The van der Waals surface area contributed by atoms with Crippen LogP contribution in [0.5, 0.6) is 0 Å². The van der Waals surface area contributed by atoms with Crippen molar-refractivity contribution in [3.8, 4) is 0 Å². The lowest BCUT2D eigenvalue weighted by Gasteiger charge is -2.02. The van der Waals surface area contributed by atoms with Crippen LogP contribution in [0.2, 0.25) is 0 Å². The minimum Gasteiger partial charge on any atom is -0.0890 e. The summed E-state index contributed by atoms with van der Waals surface area (Å²) in [4.78, 5) is 0.553. The van der Waals surface area contributed by atoms with Gasteiger partial charge in [0.25, 0.3) is 0 Å². The smallest absolute Gasteiger partial charge is 0.0178 e. The Bertz CT molecular complexity index is 231. The molecule has 2 heteroatoms. The van der Waals surface area contributed by atoms with Gasteiger partial charge in [-0.1, -0.05) is 50.9 Å². The highest BCUT2D eigenvalue weighted by molar-refractivity contribution is 9.10. The van der Waals surface area contributed by atoms with Crippen LogP contribution in [0.1, 0.15) is 12.5 Å². The average Bonchev–Trinajstić information content (AvgIpc) is 1.85. The predicted molar refractivity (Wildman–Crippen MR) is 56.2 cm³/mol. The summed E-state index contributed by atoms with van der Waals surface area (Å²) in [6.07, 6.45) is 1.08. The third kappa shape index (κ3) is 3.39. The highest BCUT2D eigenvalue weighted by Crippen LogP contribution is 2.14. The molecule has 0 N–H and O–H groups in total. The second kappa shape index (κ2) is 4.27. The lowest BCUT2D eigenvalue weighted by Crippen LogP contribution is -1.95. The minimum absolute atomic E-state index is 0.553. The maximum Gasteiger partial charge on any atom is 0.0178 e. The van der Waals surface area contributed by atoms with E-state index in [4.69, 9.17) is 0 Å². The molecule has 0 saturated carbocycles. The van der Waals surface area contributed by atoms with Gasteiger partial charge in [-0.3, -0.25) is 0 Å². The monoisotopic (exact) mass is 276 g/mol. The van der Waals surface area contributed by atoms with Crippen LogP contribution in [0.15, 0.2) is 28.7 Å². The van der Waals surface area contributed by atoms with E-state index < -0.39 is 0 Å². The van der Waals surface area contributed by atoms with E-state index in [0.717, 1.165) is 10.9 Å². The first kappa shape index (κ1) is 9.27. The Kier molecular flexibility index (Phi) is 3.60. The van der Waals surface area contributed by atoms with E-state index in [1.807, 2.05) is 6.07 Å². The van der Waals surface area contributed by atoms with Crippen molar-refractivity contribution in [3.05, 3.63) is 34.3 Å². The zero-order valence-electron chi connectivity index (χ0n) is 6.35. The molecule has 0 saturated heterocycles. The van der Waals surface area contributed by atoms with Crippen LogP contribution in [0.3, 0.4) is 0 Å². The van der Waals surface area contributed by atoms with Crippen molar-refractivity contribution in [1.82, 2.24) is 0 Å². The first-order valence-electron chi connectivity index (χ1n) is 3.57. The van der Waals surface area contributed by atoms with Gasteiger partial charge in [0.1, 0.15) is 0 Å². The molecule has 60 valence electrons. The van der Waals surface area contributed by atoms with Crippen molar-refractivity contribution in [2.75, 3.05) is 0 Å². The third-order valence-electron chi connectivity index (χ3n) is 1.41. The fraction of sp³-hybridized carbons (Fsp3) is 0.333. The Morgan fingerprint density at radius 1 is 1.45 bits per heavy atom. The van der Waals surface area contributed by atoms with Crippen LogP contribution >= 0.6 is 31.9 Å². The number of benzene rings is 1. The second-order valence-corrected chi connectivity index (χ2v) is 5.09. The molecule has 0 amide bonds. The van der Waals surface area contributed by atoms with Gasteiger partial charge in [-0.2, -0.15) is 0 Å². The highest BCUT2D eigenvalue weighted by Gasteiger charge is 1.98. The van der Waals surface area contributed by atoms with Crippen molar-refractivity contribution >= 4 is 31.9 Å². The second-order valence-electron chi connectivity index (χ2n) is 2.61. The largest absolute Gasteiger partial charge is 0.0890 e. The molecule has 1 aromatic rings. The number of rotatable bonds is 2. The van der Waals surface area contributed by atoms with Gasteiger partial charge >= 0.3 is 0 Å². The maximum atomic E-state index is 3.52. The van der Waals surface area contributed by atoms with Crippen LogP contribution in [-0.2, 0) is 6.42 Å². The number of hydrogen-bond acceptors (Lipinski definition) is 0. The zero-order chi connectivity index (χ0) is 8.27. The average molecular weight is 278 g/mol. The molecule has 0 aliphatic heterocycles. The fourth-order valence-corrected chi connectivity index (χ4v) is 1.81. The summed E-state index contributed by atoms with van der Waals surface area (Å²) in [6, 6.07) is 8.40. The fourth-order valence-electron chi connectivity index (χ4n) is 0.989. The molecule has 0 bridgehead atoms. The van der Waals surface area contributed by atoms with Gasteiger partial charge in [0.2, 0.25) is 0 Å². The molecule has 1 rings (SSSR count). The molecule has 1 atom stereocenters. The molecule has 0 spiro atoms. The van der Waals surface area contributed by atoms with Crippen molar-refractivity contribution < 1.29 is 0 Å². The lowest BCUT2D eigenvalue weighted by molar-refractivity contribution is 0.959. The molecule has 0 aliphatic carbocycles. The molecule has 0 heterocycles. The highest BCUT2D eigenvalue weighted by atomic mass is 79.9. The molecule has 0 aromatic heterocycles. The normalized spacial score (nSPS) is 13.0. The lowest BCUT2D eigenvalue weighted by atomic mass is 10.1.